The number of benzene rings is 2. The van der Waals surface area contributed by atoms with E-state index in [-0.39, 0.29) is 70.7 Å². The molecule has 0 unspecified atom stereocenters. The number of nitrogens with two attached hydrogens (primary N) is 1. The Balaban J connectivity index is 0.00000588. The van der Waals surface area contributed by atoms with Gasteiger partial charge in [-0.1, -0.05) is 0 Å². The Morgan fingerprint density at radius 2 is 1.37 bits per heavy atom. The molecule has 0 radical (unpaired) electrons. The van der Waals surface area contributed by atoms with Crippen molar-refractivity contribution >= 4 is 53.2 Å². The minimum atomic E-state index is -0.900. The van der Waals surface area contributed by atoms with Crippen molar-refractivity contribution in [2.24, 2.45) is 5.73 Å². The van der Waals surface area contributed by atoms with Crippen LogP contribution in [0.15, 0.2) is 39.5 Å². The molecular weight excluding hydrogens is 566 g/mol. The van der Waals surface area contributed by atoms with Gasteiger partial charge in [-0.3, -0.25) is 28.8 Å². The maximum atomic E-state index is 13.6. The Hall–Kier alpha value is -4.75. The molecule has 0 saturated heterocycles. The molecule has 0 aliphatic carbocycles. The number of fused-ring (bicyclic) bond motifs is 1. The van der Waals surface area contributed by atoms with Gasteiger partial charge in [-0.15, -0.1) is 12.4 Å². The molecule has 1 heterocycles. The van der Waals surface area contributed by atoms with Crippen LogP contribution in [0, 0.1) is 0 Å². The number of ether oxygens (including phenoxy) is 5. The topological polar surface area (TPSA) is 188 Å². The Bertz CT molecular complexity index is 1580. The lowest BCUT2D eigenvalue weighted by Crippen LogP contribution is -2.15. The predicted octanol–water partition coefficient (Wildman–Crippen LogP) is 3.23. The molecule has 2 aromatic carbocycles. The van der Waals surface area contributed by atoms with Crippen LogP contribution in [0.4, 0.5) is 0 Å². The smallest absolute Gasteiger partial charge is 0.311 e. The van der Waals surface area contributed by atoms with Gasteiger partial charge in [0.05, 0.1) is 0 Å². The molecule has 0 fully saturated rings. The summed E-state index contributed by atoms with van der Waals surface area (Å²) in [6.07, 6.45) is 0.314. The maximum Gasteiger partial charge on any atom is 0.311 e. The summed E-state index contributed by atoms with van der Waals surface area (Å²) < 4.78 is 31.8. The molecule has 0 spiro atoms. The predicted molar refractivity (Wildman–Crippen MR) is 144 cm³/mol. The van der Waals surface area contributed by atoms with Gasteiger partial charge in [-0.25, -0.2) is 0 Å². The number of carbonyl (C=O) groups excluding carboxylic acids is 5. The molecule has 41 heavy (non-hydrogen) atoms. The summed E-state index contributed by atoms with van der Waals surface area (Å²) in [6.45, 7) is 4.68. The van der Waals surface area contributed by atoms with E-state index in [1.807, 2.05) is 0 Å². The lowest BCUT2D eigenvalue weighted by atomic mass is 10.1. The van der Waals surface area contributed by atoms with Gasteiger partial charge in [0.2, 0.25) is 11.2 Å². The van der Waals surface area contributed by atoms with Gasteiger partial charge in [0.15, 0.2) is 17.3 Å². The van der Waals surface area contributed by atoms with Gasteiger partial charge in [-0.2, -0.15) is 0 Å². The second-order valence-electron chi connectivity index (χ2n) is 8.29. The third-order valence-electron chi connectivity index (χ3n) is 4.92. The molecule has 0 amide bonds. The lowest BCUT2D eigenvalue weighted by molar-refractivity contribution is -0.136. The monoisotopic (exact) mass is 591 g/mol. The van der Waals surface area contributed by atoms with E-state index in [4.69, 9.17) is 33.8 Å². The zero-order valence-corrected chi connectivity index (χ0v) is 23.2. The second-order valence-corrected chi connectivity index (χ2v) is 8.29. The molecule has 14 heteroatoms. The first-order valence-electron chi connectivity index (χ1n) is 11.8. The molecular formula is C27H26ClNO12. The standard InChI is InChI=1S/C27H25NO12.ClH/c1-13(29)35-18-11-21(37-15(3)31)24-22(12-18)40-26(27(25(24)34)38-16(4)32)17-7-8-19(36-14(2)30)20(10-17)39-23(33)6-5-9-28;/h7-8,10-12H,5-6,9,28H2,1-4H3;1H. The lowest BCUT2D eigenvalue weighted by Gasteiger charge is -2.15. The van der Waals surface area contributed by atoms with E-state index in [0.29, 0.717) is 6.42 Å². The number of carbonyl (C=O) groups is 5. The summed E-state index contributed by atoms with van der Waals surface area (Å²) in [5.74, 6) is -5.32. The molecule has 0 saturated carbocycles. The van der Waals surface area contributed by atoms with Crippen molar-refractivity contribution in [3.05, 3.63) is 40.6 Å². The fourth-order valence-electron chi connectivity index (χ4n) is 3.52. The number of rotatable bonds is 9. The van der Waals surface area contributed by atoms with E-state index in [1.165, 1.54) is 24.3 Å². The van der Waals surface area contributed by atoms with Crippen molar-refractivity contribution in [3.63, 3.8) is 0 Å². The number of halogens is 1. The molecule has 2 N–H and O–H groups in total. The van der Waals surface area contributed by atoms with Crippen LogP contribution >= 0.6 is 12.4 Å². The highest BCUT2D eigenvalue weighted by Crippen LogP contribution is 2.40. The van der Waals surface area contributed by atoms with Crippen molar-refractivity contribution in [2.75, 3.05) is 6.54 Å². The summed E-state index contributed by atoms with van der Waals surface area (Å²) in [7, 11) is 0. The fourth-order valence-corrected chi connectivity index (χ4v) is 3.52. The molecule has 0 bridgehead atoms. The van der Waals surface area contributed by atoms with Crippen LogP contribution in [0.1, 0.15) is 40.5 Å². The fraction of sp³-hybridized carbons (Fsp3) is 0.259. The third-order valence-corrected chi connectivity index (χ3v) is 4.92. The summed E-state index contributed by atoms with van der Waals surface area (Å²) in [5, 5.41) is -0.281. The zero-order valence-electron chi connectivity index (χ0n) is 22.4. The largest absolute Gasteiger partial charge is 0.452 e. The van der Waals surface area contributed by atoms with Crippen molar-refractivity contribution in [1.29, 1.82) is 0 Å². The minimum Gasteiger partial charge on any atom is -0.452 e. The average molecular weight is 592 g/mol. The van der Waals surface area contributed by atoms with Crippen LogP contribution in [0.5, 0.6) is 28.7 Å². The van der Waals surface area contributed by atoms with E-state index >= 15 is 0 Å². The summed E-state index contributed by atoms with van der Waals surface area (Å²) in [4.78, 5) is 72.7. The van der Waals surface area contributed by atoms with Crippen molar-refractivity contribution in [1.82, 2.24) is 0 Å². The first kappa shape index (κ1) is 32.5. The van der Waals surface area contributed by atoms with Gasteiger partial charge < -0.3 is 33.8 Å². The van der Waals surface area contributed by atoms with E-state index in [9.17, 15) is 28.8 Å². The molecule has 1 aromatic heterocycles. The van der Waals surface area contributed by atoms with E-state index < -0.39 is 41.0 Å². The first-order chi connectivity index (χ1) is 18.9. The molecule has 0 aliphatic rings. The van der Waals surface area contributed by atoms with Gasteiger partial charge in [0, 0.05) is 51.8 Å². The van der Waals surface area contributed by atoms with Crippen LogP contribution in [0.25, 0.3) is 22.3 Å². The van der Waals surface area contributed by atoms with Crippen molar-refractivity contribution in [3.8, 4) is 40.1 Å². The Labute approximate surface area is 238 Å². The molecule has 3 rings (SSSR count). The van der Waals surface area contributed by atoms with Crippen molar-refractivity contribution in [2.45, 2.75) is 40.5 Å². The molecule has 0 atom stereocenters. The van der Waals surface area contributed by atoms with Crippen LogP contribution in [0.2, 0.25) is 0 Å². The highest BCUT2D eigenvalue weighted by molar-refractivity contribution is 5.92. The number of hydrogen-bond acceptors (Lipinski definition) is 13. The summed E-state index contributed by atoms with van der Waals surface area (Å²) >= 11 is 0. The van der Waals surface area contributed by atoms with E-state index in [1.54, 1.807) is 0 Å². The highest BCUT2D eigenvalue weighted by Gasteiger charge is 2.25. The van der Waals surface area contributed by atoms with Gasteiger partial charge >= 0.3 is 29.8 Å². The molecule has 13 nitrogen and oxygen atoms in total. The Morgan fingerprint density at radius 1 is 0.756 bits per heavy atom. The van der Waals surface area contributed by atoms with Crippen LogP contribution in [-0.2, 0) is 24.0 Å². The SMILES string of the molecule is CC(=O)Oc1cc(OC(C)=O)c2c(=O)c(OC(C)=O)c(-c3ccc(OC(C)=O)c(OC(=O)CCCN)c3)oc2c1.Cl. The zero-order chi connectivity index (χ0) is 29.6. The van der Waals surface area contributed by atoms with Crippen LogP contribution < -0.4 is 34.8 Å². The third kappa shape index (κ3) is 8.37. The molecule has 0 aliphatic heterocycles. The first-order valence-corrected chi connectivity index (χ1v) is 11.8. The Kier molecular flexibility index (Phi) is 11.1. The van der Waals surface area contributed by atoms with E-state index in [2.05, 4.69) is 0 Å². The second kappa shape index (κ2) is 14.1. The van der Waals surface area contributed by atoms with Gasteiger partial charge in [0.1, 0.15) is 22.5 Å². The van der Waals surface area contributed by atoms with Gasteiger partial charge in [0.25, 0.3) is 0 Å². The molecule has 3 aromatic rings. The average Bonchev–Trinajstić information content (AvgIpc) is 2.84. The Morgan fingerprint density at radius 3 is 1.95 bits per heavy atom. The highest BCUT2D eigenvalue weighted by atomic mass is 35.5. The van der Waals surface area contributed by atoms with Crippen LogP contribution in [0.3, 0.4) is 0 Å². The normalized spacial score (nSPS) is 10.3. The quantitative estimate of drug-likeness (QED) is 0.282. The minimum absolute atomic E-state index is 0. The van der Waals surface area contributed by atoms with E-state index in [0.717, 1.165) is 33.8 Å². The number of esters is 5. The maximum absolute atomic E-state index is 13.6. The molecule has 218 valence electrons. The summed E-state index contributed by atoms with van der Waals surface area (Å²) in [5.41, 5.74) is 4.41. The number of hydrogen-bond donors (Lipinski definition) is 1. The van der Waals surface area contributed by atoms with Crippen LogP contribution in [-0.4, -0.2) is 36.4 Å². The summed E-state index contributed by atoms with van der Waals surface area (Å²) in [6, 6.07) is 6.21. The van der Waals surface area contributed by atoms with Crippen molar-refractivity contribution < 1.29 is 52.1 Å². The van der Waals surface area contributed by atoms with Gasteiger partial charge in [-0.05, 0) is 31.2 Å².